The van der Waals surface area contributed by atoms with Crippen molar-refractivity contribution < 1.29 is 4.74 Å². The summed E-state index contributed by atoms with van der Waals surface area (Å²) in [5.74, 6) is 5.51. The zero-order chi connectivity index (χ0) is 12.0. The summed E-state index contributed by atoms with van der Waals surface area (Å²) in [4.78, 5) is 0. The van der Waals surface area contributed by atoms with Gasteiger partial charge in [-0.25, -0.2) is 0 Å². The van der Waals surface area contributed by atoms with Crippen LogP contribution in [0, 0.1) is 6.92 Å². The fourth-order valence-corrected chi connectivity index (χ4v) is 1.59. The molecule has 0 aliphatic heterocycles. The molecule has 1 atom stereocenters. The lowest BCUT2D eigenvalue weighted by Gasteiger charge is -2.17. The van der Waals surface area contributed by atoms with E-state index in [4.69, 9.17) is 22.2 Å². The molecular weight excluding hydrogens is 224 g/mol. The molecule has 0 bridgehead atoms. The minimum absolute atomic E-state index is 0.0162. The van der Waals surface area contributed by atoms with Crippen molar-refractivity contribution in [1.29, 1.82) is 0 Å². The van der Waals surface area contributed by atoms with Gasteiger partial charge in [0.05, 0.1) is 12.6 Å². The van der Waals surface area contributed by atoms with Crippen LogP contribution in [0.1, 0.15) is 30.5 Å². The summed E-state index contributed by atoms with van der Waals surface area (Å²) in [6.45, 7) is 5.39. The molecule has 0 saturated heterocycles. The summed E-state index contributed by atoms with van der Waals surface area (Å²) in [7, 11) is 0. The van der Waals surface area contributed by atoms with Gasteiger partial charge >= 0.3 is 0 Å². The van der Waals surface area contributed by atoms with E-state index in [1.807, 2.05) is 25.1 Å². The zero-order valence-corrected chi connectivity index (χ0v) is 10.6. The first-order valence-electron chi connectivity index (χ1n) is 5.49. The fraction of sp³-hybridized carbons (Fsp3) is 0.500. The molecule has 1 unspecified atom stereocenters. The molecule has 1 aromatic rings. The van der Waals surface area contributed by atoms with Crippen LogP contribution in [0.25, 0.3) is 0 Å². The van der Waals surface area contributed by atoms with Crippen LogP contribution in [0.2, 0.25) is 5.02 Å². The van der Waals surface area contributed by atoms with Crippen LogP contribution in [0.3, 0.4) is 0 Å². The van der Waals surface area contributed by atoms with Crippen molar-refractivity contribution in [1.82, 2.24) is 5.43 Å². The second kappa shape index (κ2) is 6.86. The van der Waals surface area contributed by atoms with E-state index in [1.165, 1.54) is 0 Å². The van der Waals surface area contributed by atoms with Gasteiger partial charge in [0, 0.05) is 11.6 Å². The highest BCUT2D eigenvalue weighted by Gasteiger charge is 2.10. The third-order valence-corrected chi connectivity index (χ3v) is 2.84. The fourth-order valence-electron chi connectivity index (χ4n) is 1.47. The van der Waals surface area contributed by atoms with E-state index in [9.17, 15) is 0 Å². The SMILES string of the molecule is CCCOCC(NN)c1ccc(Cl)c(C)c1. The Morgan fingerprint density at radius 3 is 2.81 bits per heavy atom. The third-order valence-electron chi connectivity index (χ3n) is 2.42. The Hall–Kier alpha value is -0.610. The van der Waals surface area contributed by atoms with Gasteiger partial charge in [0.25, 0.3) is 0 Å². The first-order valence-corrected chi connectivity index (χ1v) is 5.86. The highest BCUT2D eigenvalue weighted by molar-refractivity contribution is 6.31. The highest BCUT2D eigenvalue weighted by atomic mass is 35.5. The number of hydrazine groups is 1. The molecule has 1 rings (SSSR count). The number of benzene rings is 1. The molecule has 0 heterocycles. The lowest BCUT2D eigenvalue weighted by Crippen LogP contribution is -2.31. The van der Waals surface area contributed by atoms with Crippen molar-refractivity contribution in [2.45, 2.75) is 26.3 Å². The first kappa shape index (κ1) is 13.5. The number of halogens is 1. The summed E-state index contributed by atoms with van der Waals surface area (Å²) >= 11 is 5.97. The van der Waals surface area contributed by atoms with Crippen LogP contribution in [-0.4, -0.2) is 13.2 Å². The van der Waals surface area contributed by atoms with Gasteiger partial charge in [0.15, 0.2) is 0 Å². The molecule has 0 radical (unpaired) electrons. The normalized spacial score (nSPS) is 12.8. The molecule has 0 aliphatic carbocycles. The summed E-state index contributed by atoms with van der Waals surface area (Å²) in [5.41, 5.74) is 4.90. The molecule has 0 fully saturated rings. The molecule has 4 heteroatoms. The number of hydrogen-bond acceptors (Lipinski definition) is 3. The zero-order valence-electron chi connectivity index (χ0n) is 9.79. The maximum atomic E-state index is 5.97. The number of aryl methyl sites for hydroxylation is 1. The van der Waals surface area contributed by atoms with Gasteiger partial charge in [-0.15, -0.1) is 0 Å². The Bertz CT molecular complexity index is 331. The van der Waals surface area contributed by atoms with E-state index in [2.05, 4.69) is 12.3 Å². The minimum atomic E-state index is 0.0162. The van der Waals surface area contributed by atoms with Crippen molar-refractivity contribution in [3.05, 3.63) is 34.3 Å². The maximum absolute atomic E-state index is 5.97. The summed E-state index contributed by atoms with van der Waals surface area (Å²) in [5, 5.41) is 0.772. The van der Waals surface area contributed by atoms with Crippen molar-refractivity contribution in [3.63, 3.8) is 0 Å². The van der Waals surface area contributed by atoms with Crippen LogP contribution < -0.4 is 11.3 Å². The summed E-state index contributed by atoms with van der Waals surface area (Å²) in [6, 6.07) is 5.90. The summed E-state index contributed by atoms with van der Waals surface area (Å²) < 4.78 is 5.48. The Kier molecular flexibility index (Phi) is 5.77. The molecular formula is C12H19ClN2O. The van der Waals surface area contributed by atoms with Crippen LogP contribution in [0.5, 0.6) is 0 Å². The van der Waals surface area contributed by atoms with E-state index in [0.717, 1.165) is 29.2 Å². The second-order valence-corrected chi connectivity index (χ2v) is 4.21. The van der Waals surface area contributed by atoms with Crippen LogP contribution in [0.4, 0.5) is 0 Å². The molecule has 0 aliphatic rings. The molecule has 16 heavy (non-hydrogen) atoms. The molecule has 0 aromatic heterocycles. The van der Waals surface area contributed by atoms with Crippen molar-refractivity contribution >= 4 is 11.6 Å². The van der Waals surface area contributed by atoms with Gasteiger partial charge in [0.1, 0.15) is 0 Å². The Labute approximate surface area is 102 Å². The monoisotopic (exact) mass is 242 g/mol. The number of nitrogens with two attached hydrogens (primary N) is 1. The standard InChI is InChI=1S/C12H19ClN2O/c1-3-6-16-8-12(15-14)10-4-5-11(13)9(2)7-10/h4-5,7,12,15H,3,6,8,14H2,1-2H3. The van der Waals surface area contributed by atoms with E-state index < -0.39 is 0 Å². The number of hydrogen-bond donors (Lipinski definition) is 2. The van der Waals surface area contributed by atoms with Gasteiger partial charge < -0.3 is 4.74 Å². The summed E-state index contributed by atoms with van der Waals surface area (Å²) in [6.07, 6.45) is 1.01. The Morgan fingerprint density at radius 1 is 1.50 bits per heavy atom. The van der Waals surface area contributed by atoms with Crippen molar-refractivity contribution in [2.24, 2.45) is 5.84 Å². The molecule has 3 N–H and O–H groups in total. The molecule has 0 saturated carbocycles. The lowest BCUT2D eigenvalue weighted by molar-refractivity contribution is 0.112. The highest BCUT2D eigenvalue weighted by Crippen LogP contribution is 2.20. The number of rotatable bonds is 6. The predicted octanol–water partition coefficient (Wildman–Crippen LogP) is 2.58. The van der Waals surface area contributed by atoms with E-state index in [0.29, 0.717) is 6.61 Å². The maximum Gasteiger partial charge on any atom is 0.0694 e. The van der Waals surface area contributed by atoms with Crippen LogP contribution in [-0.2, 0) is 4.74 Å². The minimum Gasteiger partial charge on any atom is -0.379 e. The number of ether oxygens (including phenoxy) is 1. The Morgan fingerprint density at radius 2 is 2.25 bits per heavy atom. The molecule has 1 aromatic carbocycles. The van der Waals surface area contributed by atoms with Crippen molar-refractivity contribution in [2.75, 3.05) is 13.2 Å². The lowest BCUT2D eigenvalue weighted by atomic mass is 10.1. The first-order chi connectivity index (χ1) is 7.69. The van der Waals surface area contributed by atoms with Gasteiger partial charge in [-0.2, -0.15) is 0 Å². The van der Waals surface area contributed by atoms with Gasteiger partial charge in [0.2, 0.25) is 0 Å². The average molecular weight is 243 g/mol. The van der Waals surface area contributed by atoms with E-state index in [-0.39, 0.29) is 6.04 Å². The van der Waals surface area contributed by atoms with Crippen LogP contribution >= 0.6 is 11.6 Å². The topological polar surface area (TPSA) is 47.3 Å². The largest absolute Gasteiger partial charge is 0.379 e. The predicted molar refractivity (Wildman–Crippen MR) is 67.4 cm³/mol. The molecule has 3 nitrogen and oxygen atoms in total. The van der Waals surface area contributed by atoms with Gasteiger partial charge in [-0.3, -0.25) is 11.3 Å². The van der Waals surface area contributed by atoms with Gasteiger partial charge in [-0.05, 0) is 30.5 Å². The van der Waals surface area contributed by atoms with E-state index in [1.54, 1.807) is 0 Å². The average Bonchev–Trinajstić information content (AvgIpc) is 2.29. The van der Waals surface area contributed by atoms with Crippen LogP contribution in [0.15, 0.2) is 18.2 Å². The van der Waals surface area contributed by atoms with Gasteiger partial charge in [-0.1, -0.05) is 30.7 Å². The van der Waals surface area contributed by atoms with E-state index >= 15 is 0 Å². The second-order valence-electron chi connectivity index (χ2n) is 3.80. The quantitative estimate of drug-likeness (QED) is 0.458. The number of nitrogens with one attached hydrogen (secondary N) is 1. The third kappa shape index (κ3) is 3.76. The van der Waals surface area contributed by atoms with Crippen molar-refractivity contribution in [3.8, 4) is 0 Å². The Balaban J connectivity index is 2.67. The molecule has 0 amide bonds. The molecule has 0 spiro atoms. The smallest absolute Gasteiger partial charge is 0.0694 e. The molecule has 90 valence electrons.